The maximum absolute atomic E-state index is 11.9. The number of benzene rings is 1. The second-order valence-corrected chi connectivity index (χ2v) is 5.78. The molecule has 0 spiro atoms. The fraction of sp³-hybridized carbons (Fsp3) is 0.500. The van der Waals surface area contributed by atoms with Crippen LogP contribution in [0.2, 0.25) is 0 Å². The Hall–Kier alpha value is -1.76. The van der Waals surface area contributed by atoms with E-state index in [4.69, 9.17) is 5.11 Å². The molecule has 0 atom stereocenters. The second kappa shape index (κ2) is 6.56. The smallest absolute Gasteiger partial charge is 0.259 e. The average molecular weight is 303 g/mol. The molecular weight excluding hydrogens is 282 g/mol. The average Bonchev–Trinajstić information content (AvgIpc) is 2.82. The molecule has 1 fully saturated rings. The Kier molecular flexibility index (Phi) is 4.52. The third-order valence-corrected chi connectivity index (χ3v) is 4.43. The van der Waals surface area contributed by atoms with Crippen molar-refractivity contribution >= 4 is 11.8 Å². The number of hydrogen-bond acceptors (Lipinski definition) is 5. The Balaban J connectivity index is 1.60. The van der Waals surface area contributed by atoms with Crippen molar-refractivity contribution in [2.24, 2.45) is 0 Å². The molecule has 2 aliphatic rings. The van der Waals surface area contributed by atoms with Crippen LogP contribution < -0.4 is 5.32 Å². The summed E-state index contributed by atoms with van der Waals surface area (Å²) < 4.78 is 0. The number of carbonyl (C=O) groups is 2. The minimum Gasteiger partial charge on any atom is -0.395 e. The maximum atomic E-state index is 11.9. The maximum Gasteiger partial charge on any atom is 0.259 e. The molecule has 0 aliphatic carbocycles. The summed E-state index contributed by atoms with van der Waals surface area (Å²) in [7, 11) is 0. The van der Waals surface area contributed by atoms with Crippen molar-refractivity contribution in [3.05, 3.63) is 34.9 Å². The van der Waals surface area contributed by atoms with E-state index in [1.54, 1.807) is 6.07 Å². The predicted molar refractivity (Wildman–Crippen MR) is 81.9 cm³/mol. The van der Waals surface area contributed by atoms with Gasteiger partial charge in [-0.2, -0.15) is 0 Å². The standard InChI is InChI=1S/C16H21N3O3/c20-11-10-19-8-6-18(7-9-19)5-4-12-2-1-3-13-14(12)16(22)17-15(13)21/h1-3,20H,4-11H2,(H,17,21,22). The normalized spacial score (nSPS) is 19.3. The minimum atomic E-state index is -0.292. The first-order valence-electron chi connectivity index (χ1n) is 7.72. The molecule has 6 heteroatoms. The molecule has 1 saturated heterocycles. The molecule has 2 N–H and O–H groups in total. The fourth-order valence-corrected chi connectivity index (χ4v) is 3.16. The zero-order valence-electron chi connectivity index (χ0n) is 12.5. The molecular formula is C16H21N3O3. The van der Waals surface area contributed by atoms with Gasteiger partial charge in [-0.1, -0.05) is 12.1 Å². The lowest BCUT2D eigenvalue weighted by Gasteiger charge is -2.34. The van der Waals surface area contributed by atoms with Gasteiger partial charge in [0.1, 0.15) is 0 Å². The van der Waals surface area contributed by atoms with Crippen LogP contribution in [-0.4, -0.2) is 72.6 Å². The molecule has 0 bridgehead atoms. The van der Waals surface area contributed by atoms with E-state index in [2.05, 4.69) is 15.1 Å². The summed E-state index contributed by atoms with van der Waals surface area (Å²) in [5, 5.41) is 11.3. The lowest BCUT2D eigenvalue weighted by molar-refractivity contribution is 0.0879. The zero-order valence-corrected chi connectivity index (χ0v) is 12.5. The van der Waals surface area contributed by atoms with Gasteiger partial charge in [-0.3, -0.25) is 19.8 Å². The minimum absolute atomic E-state index is 0.208. The van der Waals surface area contributed by atoms with Crippen LogP contribution in [0, 0.1) is 0 Å². The Bertz CT molecular complexity index is 580. The van der Waals surface area contributed by atoms with Crippen molar-refractivity contribution in [1.29, 1.82) is 0 Å². The van der Waals surface area contributed by atoms with Crippen LogP contribution in [0.5, 0.6) is 0 Å². The summed E-state index contributed by atoms with van der Waals surface area (Å²) in [6, 6.07) is 5.47. The van der Waals surface area contributed by atoms with Crippen molar-refractivity contribution in [3.63, 3.8) is 0 Å². The molecule has 2 aliphatic heterocycles. The molecule has 0 radical (unpaired) electrons. The Morgan fingerprint density at radius 1 is 1.00 bits per heavy atom. The Morgan fingerprint density at radius 2 is 1.68 bits per heavy atom. The molecule has 2 amide bonds. The largest absolute Gasteiger partial charge is 0.395 e. The van der Waals surface area contributed by atoms with Gasteiger partial charge in [-0.05, 0) is 18.1 Å². The number of hydrogen-bond donors (Lipinski definition) is 2. The summed E-state index contributed by atoms with van der Waals surface area (Å²) in [6.07, 6.45) is 0.768. The van der Waals surface area contributed by atoms with Gasteiger partial charge in [-0.15, -0.1) is 0 Å². The lowest BCUT2D eigenvalue weighted by atomic mass is 10.00. The number of nitrogens with zero attached hydrogens (tertiary/aromatic N) is 2. The monoisotopic (exact) mass is 303 g/mol. The molecule has 1 aromatic carbocycles. The zero-order chi connectivity index (χ0) is 15.5. The van der Waals surface area contributed by atoms with Crippen molar-refractivity contribution in [3.8, 4) is 0 Å². The summed E-state index contributed by atoms with van der Waals surface area (Å²) in [5.74, 6) is -0.567. The number of nitrogens with one attached hydrogen (secondary N) is 1. The second-order valence-electron chi connectivity index (χ2n) is 5.78. The van der Waals surface area contributed by atoms with Gasteiger partial charge < -0.3 is 10.0 Å². The number of carbonyl (C=O) groups excluding carboxylic acids is 2. The SMILES string of the molecule is O=C1NC(=O)c2c(CCN3CCN(CCO)CC3)cccc21. The molecule has 0 saturated carbocycles. The number of aliphatic hydroxyl groups is 1. The van der Waals surface area contributed by atoms with E-state index in [-0.39, 0.29) is 18.4 Å². The highest BCUT2D eigenvalue weighted by Crippen LogP contribution is 2.20. The summed E-state index contributed by atoms with van der Waals surface area (Å²) in [5.41, 5.74) is 1.99. The van der Waals surface area contributed by atoms with Crippen molar-refractivity contribution < 1.29 is 14.7 Å². The van der Waals surface area contributed by atoms with E-state index in [1.807, 2.05) is 12.1 Å². The van der Waals surface area contributed by atoms with Crippen molar-refractivity contribution in [2.45, 2.75) is 6.42 Å². The summed E-state index contributed by atoms with van der Waals surface area (Å²) >= 11 is 0. The van der Waals surface area contributed by atoms with Crippen LogP contribution in [0.15, 0.2) is 18.2 Å². The number of rotatable bonds is 5. The first kappa shape index (κ1) is 15.1. The van der Waals surface area contributed by atoms with Gasteiger partial charge in [0, 0.05) is 39.3 Å². The van der Waals surface area contributed by atoms with Gasteiger partial charge in [-0.25, -0.2) is 0 Å². The third kappa shape index (κ3) is 3.04. The lowest BCUT2D eigenvalue weighted by Crippen LogP contribution is -2.47. The van der Waals surface area contributed by atoms with E-state index in [0.717, 1.165) is 51.3 Å². The quantitative estimate of drug-likeness (QED) is 0.732. The molecule has 0 aromatic heterocycles. The molecule has 3 rings (SSSR count). The van der Waals surface area contributed by atoms with Gasteiger partial charge in [0.25, 0.3) is 11.8 Å². The van der Waals surface area contributed by atoms with Crippen LogP contribution in [0.25, 0.3) is 0 Å². The number of amides is 2. The molecule has 118 valence electrons. The van der Waals surface area contributed by atoms with E-state index in [0.29, 0.717) is 11.1 Å². The van der Waals surface area contributed by atoms with Gasteiger partial charge in [0.05, 0.1) is 17.7 Å². The molecule has 0 unspecified atom stereocenters. The van der Waals surface area contributed by atoms with E-state index >= 15 is 0 Å². The van der Waals surface area contributed by atoms with Gasteiger partial charge >= 0.3 is 0 Å². The van der Waals surface area contributed by atoms with Crippen LogP contribution in [0.3, 0.4) is 0 Å². The van der Waals surface area contributed by atoms with Crippen molar-refractivity contribution in [1.82, 2.24) is 15.1 Å². The van der Waals surface area contributed by atoms with E-state index < -0.39 is 0 Å². The van der Waals surface area contributed by atoms with Gasteiger partial charge in [0.2, 0.25) is 0 Å². The number of β-amino-alcohol motifs (C(OH)–C–C–N with tert-alkyl or cyclic N) is 1. The number of imide groups is 1. The van der Waals surface area contributed by atoms with Crippen molar-refractivity contribution in [2.75, 3.05) is 45.9 Å². The van der Waals surface area contributed by atoms with Crippen LogP contribution in [0.1, 0.15) is 26.3 Å². The first-order chi connectivity index (χ1) is 10.7. The molecule has 2 heterocycles. The number of aliphatic hydroxyl groups excluding tert-OH is 1. The Morgan fingerprint density at radius 3 is 2.36 bits per heavy atom. The highest BCUT2D eigenvalue weighted by atomic mass is 16.3. The highest BCUT2D eigenvalue weighted by Gasteiger charge is 2.29. The summed E-state index contributed by atoms with van der Waals surface area (Å²) in [6.45, 7) is 5.70. The van der Waals surface area contributed by atoms with Crippen LogP contribution >= 0.6 is 0 Å². The van der Waals surface area contributed by atoms with E-state index in [1.165, 1.54) is 0 Å². The molecule has 22 heavy (non-hydrogen) atoms. The molecule has 1 aromatic rings. The van der Waals surface area contributed by atoms with Gasteiger partial charge in [0.15, 0.2) is 0 Å². The highest BCUT2D eigenvalue weighted by molar-refractivity contribution is 6.22. The topological polar surface area (TPSA) is 72.9 Å². The third-order valence-electron chi connectivity index (χ3n) is 4.43. The fourth-order valence-electron chi connectivity index (χ4n) is 3.16. The predicted octanol–water partition coefficient (Wildman–Crippen LogP) is -0.277. The van der Waals surface area contributed by atoms with Crippen LogP contribution in [-0.2, 0) is 6.42 Å². The number of piperazine rings is 1. The van der Waals surface area contributed by atoms with E-state index in [9.17, 15) is 9.59 Å². The summed E-state index contributed by atoms with van der Waals surface area (Å²) in [4.78, 5) is 28.2. The molecule has 6 nitrogen and oxygen atoms in total. The van der Waals surface area contributed by atoms with Crippen LogP contribution in [0.4, 0.5) is 0 Å². The first-order valence-corrected chi connectivity index (χ1v) is 7.72. The number of fused-ring (bicyclic) bond motifs is 1. The Labute approximate surface area is 129 Å².